The van der Waals surface area contributed by atoms with E-state index in [1.807, 2.05) is 36.4 Å². The van der Waals surface area contributed by atoms with Crippen molar-refractivity contribution >= 4 is 22.7 Å². The Balaban J connectivity index is 1.51. The van der Waals surface area contributed by atoms with Crippen LogP contribution in [0.1, 0.15) is 12.5 Å². The molecule has 2 fully saturated rings. The van der Waals surface area contributed by atoms with Crippen molar-refractivity contribution in [3.05, 3.63) is 42.0 Å². The number of amides is 3. The molecular weight excluding hydrogens is 386 g/mol. The van der Waals surface area contributed by atoms with Crippen LogP contribution in [0, 0.1) is 0 Å². The summed E-state index contributed by atoms with van der Waals surface area (Å²) >= 11 is 0. The number of ether oxygens (including phenoxy) is 2. The van der Waals surface area contributed by atoms with E-state index >= 15 is 0 Å². The van der Waals surface area contributed by atoms with Crippen LogP contribution in [0.5, 0.6) is 5.75 Å². The SMILES string of the molecule is COc1ccc2cc([C@]3(C)NC(=O)N(C[C@H](O)C[NH+]4CCOCC4)C3=O)ccc2c1. The molecule has 2 aliphatic heterocycles. The lowest BCUT2D eigenvalue weighted by Gasteiger charge is -2.27. The van der Waals surface area contributed by atoms with Crippen molar-refractivity contribution in [3.8, 4) is 5.75 Å². The van der Waals surface area contributed by atoms with Crippen LogP contribution in [0.25, 0.3) is 10.8 Å². The minimum atomic E-state index is -1.17. The Hall–Kier alpha value is -2.68. The van der Waals surface area contributed by atoms with Gasteiger partial charge in [0.1, 0.15) is 37.0 Å². The van der Waals surface area contributed by atoms with Crippen molar-refractivity contribution in [2.24, 2.45) is 0 Å². The van der Waals surface area contributed by atoms with Crippen LogP contribution in [-0.4, -0.2) is 74.6 Å². The molecule has 160 valence electrons. The van der Waals surface area contributed by atoms with E-state index in [2.05, 4.69) is 5.32 Å². The first kappa shape index (κ1) is 20.6. The summed E-state index contributed by atoms with van der Waals surface area (Å²) in [7, 11) is 1.62. The molecule has 2 atom stereocenters. The standard InChI is InChI=1S/C22H27N3O5/c1-22(17-5-3-16-12-19(29-2)6-4-15(16)11-17)20(27)25(21(28)23-22)14-18(26)13-24-7-9-30-10-8-24/h3-6,11-12,18,26H,7-10,13-14H2,1-2H3,(H,23,28)/p+1/t18-,22+/m1/s1. The third-order valence-electron chi connectivity index (χ3n) is 6.02. The smallest absolute Gasteiger partial charge is 0.325 e. The number of nitrogens with zero attached hydrogens (tertiary/aromatic N) is 1. The number of urea groups is 1. The van der Waals surface area contributed by atoms with Gasteiger partial charge in [0.2, 0.25) is 0 Å². The van der Waals surface area contributed by atoms with E-state index in [0.29, 0.717) is 25.3 Å². The van der Waals surface area contributed by atoms with Gasteiger partial charge in [-0.3, -0.25) is 9.69 Å². The van der Waals surface area contributed by atoms with Crippen LogP contribution >= 0.6 is 0 Å². The van der Waals surface area contributed by atoms with Gasteiger partial charge in [0.15, 0.2) is 0 Å². The van der Waals surface area contributed by atoms with Crippen molar-refractivity contribution in [3.63, 3.8) is 0 Å². The van der Waals surface area contributed by atoms with Crippen LogP contribution in [-0.2, 0) is 15.1 Å². The van der Waals surface area contributed by atoms with E-state index in [1.54, 1.807) is 14.0 Å². The summed E-state index contributed by atoms with van der Waals surface area (Å²) in [5, 5.41) is 15.2. The lowest BCUT2D eigenvalue weighted by Crippen LogP contribution is -3.15. The molecule has 4 rings (SSSR count). The third kappa shape index (κ3) is 3.86. The molecule has 0 spiro atoms. The Morgan fingerprint density at radius 2 is 1.90 bits per heavy atom. The number of nitrogens with one attached hydrogen (secondary N) is 2. The topological polar surface area (TPSA) is 92.5 Å². The molecule has 0 aliphatic carbocycles. The van der Waals surface area contributed by atoms with Crippen LogP contribution in [0.3, 0.4) is 0 Å². The van der Waals surface area contributed by atoms with Gasteiger partial charge in [0.05, 0.1) is 26.9 Å². The number of aliphatic hydroxyl groups is 1. The van der Waals surface area contributed by atoms with E-state index in [4.69, 9.17) is 9.47 Å². The van der Waals surface area contributed by atoms with Crippen LogP contribution in [0.15, 0.2) is 36.4 Å². The quantitative estimate of drug-likeness (QED) is 0.574. The van der Waals surface area contributed by atoms with Gasteiger partial charge in [0.25, 0.3) is 5.91 Å². The molecule has 0 radical (unpaired) electrons. The van der Waals surface area contributed by atoms with E-state index in [9.17, 15) is 14.7 Å². The normalized spacial score (nSPS) is 23.6. The lowest BCUT2D eigenvalue weighted by molar-refractivity contribution is -0.910. The van der Waals surface area contributed by atoms with Gasteiger partial charge in [-0.2, -0.15) is 0 Å². The molecule has 2 heterocycles. The maximum absolute atomic E-state index is 13.2. The molecule has 3 N–H and O–H groups in total. The number of imide groups is 1. The van der Waals surface area contributed by atoms with Crippen molar-refractivity contribution in [2.75, 3.05) is 46.5 Å². The summed E-state index contributed by atoms with van der Waals surface area (Å²) in [6.45, 7) is 5.13. The molecule has 2 aromatic carbocycles. The summed E-state index contributed by atoms with van der Waals surface area (Å²) in [6.07, 6.45) is -0.779. The Morgan fingerprint density at radius 1 is 1.20 bits per heavy atom. The molecule has 8 nitrogen and oxygen atoms in total. The van der Waals surface area contributed by atoms with E-state index in [1.165, 1.54) is 4.90 Å². The number of carbonyl (C=O) groups is 2. The summed E-state index contributed by atoms with van der Waals surface area (Å²) in [5.41, 5.74) is -0.467. The Kier molecular flexibility index (Phi) is 5.64. The third-order valence-corrected chi connectivity index (χ3v) is 6.02. The molecule has 8 heteroatoms. The van der Waals surface area contributed by atoms with Crippen molar-refractivity contribution in [2.45, 2.75) is 18.6 Å². The highest BCUT2D eigenvalue weighted by molar-refractivity contribution is 6.07. The predicted molar refractivity (Wildman–Crippen MR) is 110 cm³/mol. The Morgan fingerprint density at radius 3 is 2.63 bits per heavy atom. The number of morpholine rings is 1. The maximum Gasteiger partial charge on any atom is 0.325 e. The Labute approximate surface area is 175 Å². The first-order chi connectivity index (χ1) is 14.4. The zero-order valence-corrected chi connectivity index (χ0v) is 17.3. The minimum absolute atomic E-state index is 0.0185. The number of rotatable bonds is 6. The van der Waals surface area contributed by atoms with Crippen molar-refractivity contribution in [1.29, 1.82) is 0 Å². The highest BCUT2D eigenvalue weighted by atomic mass is 16.5. The average Bonchev–Trinajstić information content (AvgIpc) is 2.97. The van der Waals surface area contributed by atoms with Gasteiger partial charge < -0.3 is 24.8 Å². The highest BCUT2D eigenvalue weighted by Crippen LogP contribution is 2.32. The average molecular weight is 414 g/mol. The van der Waals surface area contributed by atoms with Gasteiger partial charge in [-0.1, -0.05) is 18.2 Å². The summed E-state index contributed by atoms with van der Waals surface area (Å²) in [6, 6.07) is 10.9. The largest absolute Gasteiger partial charge is 0.497 e. The molecule has 2 saturated heterocycles. The molecule has 0 bridgehead atoms. The number of carbonyl (C=O) groups excluding carboxylic acids is 2. The van der Waals surface area contributed by atoms with E-state index in [-0.39, 0.29) is 12.5 Å². The first-order valence-corrected chi connectivity index (χ1v) is 10.2. The molecule has 0 unspecified atom stereocenters. The van der Waals surface area contributed by atoms with E-state index in [0.717, 1.165) is 34.5 Å². The van der Waals surface area contributed by atoms with Gasteiger partial charge in [-0.05, 0) is 41.5 Å². The second kappa shape index (κ2) is 8.22. The summed E-state index contributed by atoms with van der Waals surface area (Å²) in [4.78, 5) is 28.1. The molecule has 0 aromatic heterocycles. The molecule has 30 heavy (non-hydrogen) atoms. The van der Waals surface area contributed by atoms with Crippen LogP contribution in [0.4, 0.5) is 4.79 Å². The molecule has 0 saturated carbocycles. The van der Waals surface area contributed by atoms with Crippen LogP contribution < -0.4 is 15.0 Å². The fourth-order valence-electron chi connectivity index (χ4n) is 4.19. The molecule has 2 aliphatic rings. The van der Waals surface area contributed by atoms with Crippen LogP contribution in [0.2, 0.25) is 0 Å². The maximum atomic E-state index is 13.2. The zero-order valence-electron chi connectivity index (χ0n) is 17.3. The number of fused-ring (bicyclic) bond motifs is 1. The zero-order chi connectivity index (χ0) is 21.3. The number of hydrogen-bond donors (Lipinski definition) is 3. The number of quaternary nitrogens is 1. The fraction of sp³-hybridized carbons (Fsp3) is 0.455. The molecule has 3 amide bonds. The Bertz CT molecular complexity index is 959. The minimum Gasteiger partial charge on any atom is -0.497 e. The summed E-state index contributed by atoms with van der Waals surface area (Å²) < 4.78 is 10.6. The molecule has 2 aromatic rings. The molecular formula is C22H28N3O5+. The second-order valence-corrected chi connectivity index (χ2v) is 8.12. The van der Waals surface area contributed by atoms with Gasteiger partial charge in [0, 0.05) is 0 Å². The fourth-order valence-corrected chi connectivity index (χ4v) is 4.19. The highest BCUT2D eigenvalue weighted by Gasteiger charge is 2.49. The number of β-amino-alcohol motifs (C(OH)–C–C–N with tert-alkyl or cyclic N) is 1. The van der Waals surface area contributed by atoms with Crippen molar-refractivity contribution < 1.29 is 29.1 Å². The first-order valence-electron chi connectivity index (χ1n) is 10.2. The number of benzene rings is 2. The van der Waals surface area contributed by atoms with Gasteiger partial charge in [-0.25, -0.2) is 4.79 Å². The summed E-state index contributed by atoms with van der Waals surface area (Å²) in [5.74, 6) is 0.408. The second-order valence-electron chi connectivity index (χ2n) is 8.12. The monoisotopic (exact) mass is 414 g/mol. The van der Waals surface area contributed by atoms with E-state index < -0.39 is 17.7 Å². The van der Waals surface area contributed by atoms with Gasteiger partial charge in [-0.15, -0.1) is 0 Å². The van der Waals surface area contributed by atoms with Crippen molar-refractivity contribution in [1.82, 2.24) is 10.2 Å². The number of aliphatic hydroxyl groups excluding tert-OH is 1. The lowest BCUT2D eigenvalue weighted by atomic mass is 9.90. The van der Waals surface area contributed by atoms with Gasteiger partial charge >= 0.3 is 6.03 Å². The predicted octanol–water partition coefficient (Wildman–Crippen LogP) is -0.109. The number of methoxy groups -OCH3 is 1. The number of hydrogen-bond acceptors (Lipinski definition) is 5.